The summed E-state index contributed by atoms with van der Waals surface area (Å²) in [6.45, 7) is 0.181. The molecule has 1 aliphatic heterocycles. The first-order valence-electron chi connectivity index (χ1n) is 4.89. The molecule has 0 aromatic carbocycles. The molecule has 3 N–H and O–H groups in total. The van der Waals surface area contributed by atoms with Gasteiger partial charge in [0.25, 0.3) is 0 Å². The summed E-state index contributed by atoms with van der Waals surface area (Å²) in [4.78, 5) is 28.3. The fourth-order valence-electron chi connectivity index (χ4n) is 1.65. The lowest BCUT2D eigenvalue weighted by Gasteiger charge is -2.28. The van der Waals surface area contributed by atoms with Crippen molar-refractivity contribution in [1.82, 2.24) is 10.3 Å². The van der Waals surface area contributed by atoms with Crippen LogP contribution in [-0.2, 0) is 9.59 Å². The molecule has 0 unspecified atom stereocenters. The molecule has 1 aromatic rings. The molecule has 1 aromatic heterocycles. The highest BCUT2D eigenvalue weighted by molar-refractivity contribution is 7.80. The monoisotopic (exact) mass is 250 g/mol. The molecule has 1 saturated heterocycles. The molecule has 0 atom stereocenters. The van der Waals surface area contributed by atoms with Gasteiger partial charge in [-0.2, -0.15) is 0 Å². The molecule has 0 spiro atoms. The predicted octanol–water partition coefficient (Wildman–Crippen LogP) is -0.821. The van der Waals surface area contributed by atoms with E-state index in [4.69, 9.17) is 18.0 Å². The fourth-order valence-corrected chi connectivity index (χ4v) is 1.83. The number of amides is 2. The third kappa shape index (κ3) is 2.39. The summed E-state index contributed by atoms with van der Waals surface area (Å²) in [5.41, 5.74) is 6.79. The van der Waals surface area contributed by atoms with Crippen molar-refractivity contribution in [2.45, 2.75) is 0 Å². The Morgan fingerprint density at radius 2 is 2.06 bits per heavy atom. The first kappa shape index (κ1) is 11.5. The Morgan fingerprint density at radius 1 is 1.41 bits per heavy atom. The maximum atomic E-state index is 11.3. The number of carbonyl (C=O) groups is 2. The van der Waals surface area contributed by atoms with Crippen LogP contribution in [0.3, 0.4) is 0 Å². The summed E-state index contributed by atoms with van der Waals surface area (Å²) in [7, 11) is 0. The summed E-state index contributed by atoms with van der Waals surface area (Å²) in [6, 6.07) is 1.66. The van der Waals surface area contributed by atoms with E-state index in [1.807, 2.05) is 0 Å². The van der Waals surface area contributed by atoms with E-state index >= 15 is 0 Å². The van der Waals surface area contributed by atoms with E-state index < -0.39 is 0 Å². The third-order valence-corrected chi connectivity index (χ3v) is 2.57. The second-order valence-electron chi connectivity index (χ2n) is 3.58. The zero-order chi connectivity index (χ0) is 12.4. The summed E-state index contributed by atoms with van der Waals surface area (Å²) in [6.07, 6.45) is 3.10. The maximum Gasteiger partial charge on any atom is 0.246 e. The van der Waals surface area contributed by atoms with Gasteiger partial charge >= 0.3 is 0 Å². The molecule has 0 saturated carbocycles. The SMILES string of the molecule is NC(=S)c1ccncc1N1CC(=O)NC(=O)C1. The van der Waals surface area contributed by atoms with Crippen LogP contribution < -0.4 is 16.0 Å². The van der Waals surface area contributed by atoms with Crippen LogP contribution in [0.4, 0.5) is 5.69 Å². The van der Waals surface area contributed by atoms with Gasteiger partial charge < -0.3 is 10.6 Å². The Balaban J connectivity index is 2.36. The number of aromatic nitrogens is 1. The number of nitrogens with one attached hydrogen (secondary N) is 1. The lowest BCUT2D eigenvalue weighted by molar-refractivity contribution is -0.130. The summed E-state index contributed by atoms with van der Waals surface area (Å²) >= 11 is 4.92. The Labute approximate surface area is 103 Å². The second-order valence-corrected chi connectivity index (χ2v) is 4.02. The molecule has 0 bridgehead atoms. The largest absolute Gasteiger partial charge is 0.389 e. The molecular formula is C10H10N4O2S. The van der Waals surface area contributed by atoms with Gasteiger partial charge in [-0.15, -0.1) is 0 Å². The highest BCUT2D eigenvalue weighted by atomic mass is 32.1. The first-order valence-corrected chi connectivity index (χ1v) is 5.30. The molecule has 1 fully saturated rings. The third-order valence-electron chi connectivity index (χ3n) is 2.35. The van der Waals surface area contributed by atoms with E-state index in [-0.39, 0.29) is 29.9 Å². The van der Waals surface area contributed by atoms with E-state index in [2.05, 4.69) is 10.3 Å². The number of nitrogens with two attached hydrogens (primary N) is 1. The normalized spacial score (nSPS) is 15.6. The van der Waals surface area contributed by atoms with Crippen molar-refractivity contribution >= 4 is 34.7 Å². The number of imide groups is 1. The molecule has 7 heteroatoms. The van der Waals surface area contributed by atoms with E-state index in [1.54, 1.807) is 23.4 Å². The summed E-state index contributed by atoms with van der Waals surface area (Å²) in [5, 5.41) is 2.22. The number of hydrogen-bond acceptors (Lipinski definition) is 5. The number of anilines is 1. The topological polar surface area (TPSA) is 88.3 Å². The molecular weight excluding hydrogens is 240 g/mol. The minimum absolute atomic E-state index is 0.0903. The van der Waals surface area contributed by atoms with Gasteiger partial charge in [-0.3, -0.25) is 19.9 Å². The number of pyridine rings is 1. The van der Waals surface area contributed by atoms with Crippen molar-refractivity contribution in [1.29, 1.82) is 0 Å². The van der Waals surface area contributed by atoms with E-state index in [9.17, 15) is 9.59 Å². The first-order chi connectivity index (χ1) is 8.08. The predicted molar refractivity (Wildman–Crippen MR) is 65.5 cm³/mol. The van der Waals surface area contributed by atoms with Gasteiger partial charge in [0.1, 0.15) is 4.99 Å². The number of carbonyl (C=O) groups excluding carboxylic acids is 2. The van der Waals surface area contributed by atoms with Gasteiger partial charge in [0.05, 0.1) is 25.0 Å². The number of hydrogen-bond donors (Lipinski definition) is 2. The van der Waals surface area contributed by atoms with E-state index in [0.717, 1.165) is 0 Å². The Hall–Kier alpha value is -2.02. The molecule has 17 heavy (non-hydrogen) atoms. The molecule has 6 nitrogen and oxygen atoms in total. The average molecular weight is 250 g/mol. The highest BCUT2D eigenvalue weighted by Gasteiger charge is 2.24. The lowest BCUT2D eigenvalue weighted by Crippen LogP contribution is -2.52. The standard InChI is InChI=1S/C10H10N4O2S/c11-10(17)6-1-2-12-3-7(6)14-4-8(15)13-9(16)5-14/h1-3H,4-5H2,(H2,11,17)(H,13,15,16). The van der Waals surface area contributed by atoms with Crippen LogP contribution in [0.5, 0.6) is 0 Å². The summed E-state index contributed by atoms with van der Waals surface area (Å²) < 4.78 is 0. The van der Waals surface area contributed by atoms with Crippen molar-refractivity contribution in [2.75, 3.05) is 18.0 Å². The Kier molecular flexibility index (Phi) is 3.01. The number of nitrogens with zero attached hydrogens (tertiary/aromatic N) is 2. The Morgan fingerprint density at radius 3 is 2.65 bits per heavy atom. The number of rotatable bonds is 2. The smallest absolute Gasteiger partial charge is 0.246 e. The van der Waals surface area contributed by atoms with E-state index in [1.165, 1.54) is 0 Å². The van der Waals surface area contributed by atoms with Crippen molar-refractivity contribution in [2.24, 2.45) is 5.73 Å². The molecule has 88 valence electrons. The average Bonchev–Trinajstić information content (AvgIpc) is 2.27. The number of piperazine rings is 1. The fraction of sp³-hybridized carbons (Fsp3) is 0.200. The van der Waals surface area contributed by atoms with E-state index in [0.29, 0.717) is 11.3 Å². The van der Waals surface area contributed by atoms with Gasteiger partial charge in [-0.05, 0) is 6.07 Å². The molecule has 0 radical (unpaired) electrons. The van der Waals surface area contributed by atoms with Crippen LogP contribution in [0.25, 0.3) is 0 Å². The van der Waals surface area contributed by atoms with Crippen LogP contribution in [0.1, 0.15) is 5.56 Å². The number of thiocarbonyl (C=S) groups is 1. The zero-order valence-electron chi connectivity index (χ0n) is 8.84. The van der Waals surface area contributed by atoms with Crippen LogP contribution in [0.2, 0.25) is 0 Å². The minimum Gasteiger partial charge on any atom is -0.389 e. The highest BCUT2D eigenvalue weighted by Crippen LogP contribution is 2.19. The molecule has 0 aliphatic carbocycles. The minimum atomic E-state index is -0.348. The van der Waals surface area contributed by atoms with Crippen molar-refractivity contribution in [3.63, 3.8) is 0 Å². The van der Waals surface area contributed by atoms with Crippen LogP contribution in [0.15, 0.2) is 18.5 Å². The van der Waals surface area contributed by atoms with Crippen molar-refractivity contribution < 1.29 is 9.59 Å². The quantitative estimate of drug-likeness (QED) is 0.526. The van der Waals surface area contributed by atoms with Gasteiger partial charge in [-0.1, -0.05) is 12.2 Å². The van der Waals surface area contributed by atoms with Gasteiger partial charge in [0, 0.05) is 11.8 Å². The zero-order valence-corrected chi connectivity index (χ0v) is 9.66. The van der Waals surface area contributed by atoms with Crippen LogP contribution >= 0.6 is 12.2 Å². The maximum absolute atomic E-state index is 11.3. The van der Waals surface area contributed by atoms with Gasteiger partial charge in [-0.25, -0.2) is 0 Å². The second kappa shape index (κ2) is 4.46. The lowest BCUT2D eigenvalue weighted by atomic mass is 10.2. The summed E-state index contributed by atoms with van der Waals surface area (Å²) in [5.74, 6) is -0.696. The molecule has 2 amide bonds. The molecule has 1 aliphatic rings. The van der Waals surface area contributed by atoms with Gasteiger partial charge in [0.2, 0.25) is 11.8 Å². The molecule has 2 heterocycles. The van der Waals surface area contributed by atoms with Gasteiger partial charge in [0.15, 0.2) is 0 Å². The van der Waals surface area contributed by atoms with Crippen molar-refractivity contribution in [3.05, 3.63) is 24.0 Å². The van der Waals surface area contributed by atoms with Crippen LogP contribution in [-0.4, -0.2) is 34.9 Å². The van der Waals surface area contributed by atoms with Crippen molar-refractivity contribution in [3.8, 4) is 0 Å². The van der Waals surface area contributed by atoms with Crippen LogP contribution in [0, 0.1) is 0 Å². The Bertz CT molecular complexity index is 487. The molecule has 2 rings (SSSR count).